The summed E-state index contributed by atoms with van der Waals surface area (Å²) >= 11 is 1.27. The lowest BCUT2D eigenvalue weighted by molar-refractivity contribution is -0.131. The van der Waals surface area contributed by atoms with Crippen LogP contribution in [0.3, 0.4) is 0 Å². The summed E-state index contributed by atoms with van der Waals surface area (Å²) in [6, 6.07) is 14.7. The molecule has 158 valence electrons. The third kappa shape index (κ3) is 4.36. The number of aromatic nitrogens is 2. The van der Waals surface area contributed by atoms with Gasteiger partial charge in [-0.05, 0) is 52.0 Å². The van der Waals surface area contributed by atoms with Crippen LogP contribution in [0.1, 0.15) is 27.7 Å². The Kier molecular flexibility index (Phi) is 6.82. The van der Waals surface area contributed by atoms with E-state index in [0.717, 1.165) is 0 Å². The molecule has 0 atom stereocenters. The number of carbonyl (C=O) groups excluding carboxylic acids is 1. The maximum Gasteiger partial charge on any atom is 0.266 e. The van der Waals surface area contributed by atoms with Crippen molar-refractivity contribution in [2.75, 3.05) is 12.9 Å². The van der Waals surface area contributed by atoms with Gasteiger partial charge in [0.15, 0.2) is 5.16 Å². The molecular weight excluding hydrogens is 398 g/mol. The van der Waals surface area contributed by atoms with E-state index in [4.69, 9.17) is 9.72 Å². The molecule has 3 rings (SSSR count). The van der Waals surface area contributed by atoms with Crippen LogP contribution >= 0.6 is 11.8 Å². The largest absolute Gasteiger partial charge is 0.495 e. The zero-order valence-corrected chi connectivity index (χ0v) is 18.8. The Morgan fingerprint density at radius 2 is 1.70 bits per heavy atom. The maximum atomic E-state index is 13.4. The summed E-state index contributed by atoms with van der Waals surface area (Å²) in [4.78, 5) is 32.8. The van der Waals surface area contributed by atoms with Gasteiger partial charge in [-0.3, -0.25) is 14.2 Å². The highest BCUT2D eigenvalue weighted by molar-refractivity contribution is 7.99. The standard InChI is InChI=1S/C23H27N3O3S/c1-15(2)25(16(3)4)21(27)14-30-23-24-18-11-7-6-10-17(18)22(28)26(23)19-12-8-9-13-20(19)29-5/h6-13,15-16H,14H2,1-5H3. The summed E-state index contributed by atoms with van der Waals surface area (Å²) in [7, 11) is 1.57. The Morgan fingerprint density at radius 3 is 2.37 bits per heavy atom. The van der Waals surface area contributed by atoms with Gasteiger partial charge in [-0.15, -0.1) is 0 Å². The lowest BCUT2D eigenvalue weighted by Gasteiger charge is -2.30. The van der Waals surface area contributed by atoms with E-state index in [-0.39, 0.29) is 29.3 Å². The van der Waals surface area contributed by atoms with E-state index in [1.807, 2.05) is 69.0 Å². The van der Waals surface area contributed by atoms with Gasteiger partial charge in [0, 0.05) is 12.1 Å². The zero-order chi connectivity index (χ0) is 21.8. The molecule has 0 aliphatic rings. The lowest BCUT2D eigenvalue weighted by Crippen LogP contribution is -2.43. The monoisotopic (exact) mass is 425 g/mol. The fourth-order valence-electron chi connectivity index (χ4n) is 3.61. The van der Waals surface area contributed by atoms with Gasteiger partial charge in [-0.2, -0.15) is 0 Å². The Hall–Kier alpha value is -2.80. The van der Waals surface area contributed by atoms with Crippen molar-refractivity contribution in [2.24, 2.45) is 0 Å². The molecule has 0 bridgehead atoms. The predicted molar refractivity (Wildman–Crippen MR) is 122 cm³/mol. The van der Waals surface area contributed by atoms with Gasteiger partial charge in [-0.1, -0.05) is 36.0 Å². The molecule has 0 saturated heterocycles. The number of para-hydroxylation sites is 3. The first kappa shape index (κ1) is 21.9. The summed E-state index contributed by atoms with van der Waals surface area (Å²) < 4.78 is 7.01. The third-order valence-corrected chi connectivity index (χ3v) is 5.72. The second-order valence-corrected chi connectivity index (χ2v) is 8.44. The van der Waals surface area contributed by atoms with Crippen LogP contribution < -0.4 is 10.3 Å². The van der Waals surface area contributed by atoms with Crippen LogP contribution in [0, 0.1) is 0 Å². The molecule has 0 fully saturated rings. The molecule has 7 heteroatoms. The molecule has 0 aliphatic carbocycles. The summed E-state index contributed by atoms with van der Waals surface area (Å²) in [5.41, 5.74) is 1.01. The van der Waals surface area contributed by atoms with Crippen LogP contribution in [0.2, 0.25) is 0 Å². The fourth-order valence-corrected chi connectivity index (χ4v) is 4.48. The molecule has 0 spiro atoms. The molecule has 0 radical (unpaired) electrons. The first-order chi connectivity index (χ1) is 14.3. The summed E-state index contributed by atoms with van der Waals surface area (Å²) in [6.07, 6.45) is 0. The van der Waals surface area contributed by atoms with E-state index >= 15 is 0 Å². The zero-order valence-electron chi connectivity index (χ0n) is 18.0. The molecule has 1 aromatic heterocycles. The fraction of sp³-hybridized carbons (Fsp3) is 0.348. The Labute approximate surface area is 180 Å². The SMILES string of the molecule is COc1ccccc1-n1c(SCC(=O)N(C(C)C)C(C)C)nc2ccccc2c1=O. The van der Waals surface area contributed by atoms with Crippen molar-refractivity contribution >= 4 is 28.6 Å². The second kappa shape index (κ2) is 9.34. The predicted octanol–water partition coefficient (Wildman–Crippen LogP) is 4.13. The third-order valence-electron chi connectivity index (χ3n) is 4.80. The minimum atomic E-state index is -0.190. The topological polar surface area (TPSA) is 64.4 Å². The number of amides is 1. The smallest absolute Gasteiger partial charge is 0.266 e. The number of hydrogen-bond donors (Lipinski definition) is 0. The number of methoxy groups -OCH3 is 1. The Morgan fingerprint density at radius 1 is 1.07 bits per heavy atom. The number of rotatable bonds is 7. The molecule has 1 amide bonds. The van der Waals surface area contributed by atoms with Crippen molar-refractivity contribution < 1.29 is 9.53 Å². The van der Waals surface area contributed by atoms with Crippen LogP contribution in [-0.2, 0) is 4.79 Å². The molecule has 6 nitrogen and oxygen atoms in total. The Bertz CT molecular complexity index is 1100. The van der Waals surface area contributed by atoms with Crippen molar-refractivity contribution in [3.63, 3.8) is 0 Å². The molecule has 3 aromatic rings. The van der Waals surface area contributed by atoms with E-state index in [1.54, 1.807) is 19.2 Å². The van der Waals surface area contributed by atoms with Gasteiger partial charge in [0.05, 0.1) is 29.5 Å². The first-order valence-corrected chi connectivity index (χ1v) is 10.9. The van der Waals surface area contributed by atoms with Crippen LogP contribution in [0.25, 0.3) is 16.6 Å². The van der Waals surface area contributed by atoms with Gasteiger partial charge < -0.3 is 9.64 Å². The molecule has 2 aromatic carbocycles. The van der Waals surface area contributed by atoms with Crippen LogP contribution in [0.15, 0.2) is 58.5 Å². The van der Waals surface area contributed by atoms with Crippen molar-refractivity contribution in [3.05, 3.63) is 58.9 Å². The first-order valence-electron chi connectivity index (χ1n) is 9.94. The highest BCUT2D eigenvalue weighted by Crippen LogP contribution is 2.27. The number of thioether (sulfide) groups is 1. The van der Waals surface area contributed by atoms with Crippen molar-refractivity contribution in [3.8, 4) is 11.4 Å². The summed E-state index contributed by atoms with van der Waals surface area (Å²) in [5, 5.41) is 0.981. The van der Waals surface area contributed by atoms with Gasteiger partial charge >= 0.3 is 0 Å². The highest BCUT2D eigenvalue weighted by Gasteiger charge is 2.22. The molecule has 0 aliphatic heterocycles. The lowest BCUT2D eigenvalue weighted by atomic mass is 10.2. The van der Waals surface area contributed by atoms with E-state index in [9.17, 15) is 9.59 Å². The minimum absolute atomic E-state index is 0.0129. The van der Waals surface area contributed by atoms with Gasteiger partial charge in [0.25, 0.3) is 5.56 Å². The molecule has 30 heavy (non-hydrogen) atoms. The molecular formula is C23H27N3O3S. The van der Waals surface area contributed by atoms with Gasteiger partial charge in [0.1, 0.15) is 5.75 Å². The maximum absolute atomic E-state index is 13.4. The van der Waals surface area contributed by atoms with Crippen molar-refractivity contribution in [1.29, 1.82) is 0 Å². The normalized spacial score (nSPS) is 11.3. The quantitative estimate of drug-likeness (QED) is 0.421. The summed E-state index contributed by atoms with van der Waals surface area (Å²) in [6.45, 7) is 8.01. The van der Waals surface area contributed by atoms with Gasteiger partial charge in [-0.25, -0.2) is 4.98 Å². The second-order valence-electron chi connectivity index (χ2n) is 7.50. The van der Waals surface area contributed by atoms with Gasteiger partial charge in [0.2, 0.25) is 5.91 Å². The molecule has 0 unspecified atom stereocenters. The minimum Gasteiger partial charge on any atom is -0.495 e. The van der Waals surface area contributed by atoms with Crippen LogP contribution in [0.5, 0.6) is 5.75 Å². The molecule has 0 N–H and O–H groups in total. The molecule has 1 heterocycles. The number of ether oxygens (including phenoxy) is 1. The highest BCUT2D eigenvalue weighted by atomic mass is 32.2. The van der Waals surface area contributed by atoms with Crippen LogP contribution in [0.4, 0.5) is 0 Å². The van der Waals surface area contributed by atoms with Crippen molar-refractivity contribution in [1.82, 2.24) is 14.5 Å². The number of hydrogen-bond acceptors (Lipinski definition) is 5. The van der Waals surface area contributed by atoms with E-state index in [0.29, 0.717) is 27.5 Å². The Balaban J connectivity index is 2.09. The van der Waals surface area contributed by atoms with E-state index in [2.05, 4.69) is 0 Å². The number of nitrogens with zero attached hydrogens (tertiary/aromatic N) is 3. The number of carbonyl (C=O) groups is 1. The number of benzene rings is 2. The summed E-state index contributed by atoms with van der Waals surface area (Å²) in [5.74, 6) is 0.769. The molecule has 0 saturated carbocycles. The average molecular weight is 426 g/mol. The van der Waals surface area contributed by atoms with E-state index < -0.39 is 0 Å². The van der Waals surface area contributed by atoms with E-state index in [1.165, 1.54) is 16.3 Å². The van der Waals surface area contributed by atoms with Crippen LogP contribution in [-0.4, -0.2) is 45.3 Å². The van der Waals surface area contributed by atoms with Crippen molar-refractivity contribution in [2.45, 2.75) is 44.9 Å². The number of fused-ring (bicyclic) bond motifs is 1. The average Bonchev–Trinajstić information content (AvgIpc) is 2.72.